The Morgan fingerprint density at radius 2 is 2.37 bits per heavy atom. The number of aryl methyl sites for hydroxylation is 1. The Kier molecular flexibility index (Phi) is 3.21. The molecule has 0 saturated carbocycles. The highest BCUT2D eigenvalue weighted by molar-refractivity contribution is 7.11. The van der Waals surface area contributed by atoms with Crippen molar-refractivity contribution in [2.45, 2.75) is 19.4 Å². The van der Waals surface area contributed by atoms with E-state index < -0.39 is 0 Å². The normalized spacial score (nSPS) is 16.8. The standard InChI is InChI=1S/C14H14N2O2S/c1-9-13(19-8-16-9)14(17)15-7-11-6-10-4-2-3-5-12(10)18-11/h2-5,8,11H,6-7H2,1H3,(H,15,17)/t11-/m0/s1. The molecule has 0 spiro atoms. The second kappa shape index (κ2) is 5.01. The van der Waals surface area contributed by atoms with E-state index >= 15 is 0 Å². The van der Waals surface area contributed by atoms with Crippen LogP contribution in [0.15, 0.2) is 29.8 Å². The molecule has 1 aliphatic heterocycles. The SMILES string of the molecule is Cc1ncsc1C(=O)NC[C@@H]1Cc2ccccc2O1. The fourth-order valence-electron chi connectivity index (χ4n) is 2.17. The molecule has 1 amide bonds. The molecule has 19 heavy (non-hydrogen) atoms. The lowest BCUT2D eigenvalue weighted by Crippen LogP contribution is -2.34. The van der Waals surface area contributed by atoms with E-state index in [1.165, 1.54) is 16.9 Å². The summed E-state index contributed by atoms with van der Waals surface area (Å²) in [7, 11) is 0. The number of hydrogen-bond acceptors (Lipinski definition) is 4. The highest BCUT2D eigenvalue weighted by Gasteiger charge is 2.23. The molecule has 3 rings (SSSR count). The van der Waals surface area contributed by atoms with Crippen molar-refractivity contribution < 1.29 is 9.53 Å². The van der Waals surface area contributed by atoms with E-state index in [1.807, 2.05) is 25.1 Å². The molecule has 1 N–H and O–H groups in total. The zero-order valence-electron chi connectivity index (χ0n) is 10.6. The second-order valence-corrected chi connectivity index (χ2v) is 5.38. The smallest absolute Gasteiger partial charge is 0.263 e. The third-order valence-electron chi connectivity index (χ3n) is 3.16. The van der Waals surface area contributed by atoms with Crippen molar-refractivity contribution in [1.82, 2.24) is 10.3 Å². The number of amides is 1. The molecule has 0 fully saturated rings. The van der Waals surface area contributed by atoms with Crippen LogP contribution in [0.3, 0.4) is 0 Å². The number of fused-ring (bicyclic) bond motifs is 1. The van der Waals surface area contributed by atoms with Crippen LogP contribution in [0.2, 0.25) is 0 Å². The average Bonchev–Trinajstić information content (AvgIpc) is 3.01. The number of para-hydroxylation sites is 1. The fourth-order valence-corrected chi connectivity index (χ4v) is 2.89. The van der Waals surface area contributed by atoms with E-state index in [0.717, 1.165) is 17.9 Å². The zero-order valence-corrected chi connectivity index (χ0v) is 11.4. The van der Waals surface area contributed by atoms with Gasteiger partial charge in [-0.15, -0.1) is 11.3 Å². The minimum atomic E-state index is -0.0699. The van der Waals surface area contributed by atoms with E-state index in [2.05, 4.69) is 16.4 Å². The van der Waals surface area contributed by atoms with E-state index in [1.54, 1.807) is 5.51 Å². The molecule has 1 aromatic carbocycles. The number of hydrogen-bond donors (Lipinski definition) is 1. The van der Waals surface area contributed by atoms with Gasteiger partial charge in [0, 0.05) is 6.42 Å². The van der Waals surface area contributed by atoms with Crippen LogP contribution in [-0.4, -0.2) is 23.5 Å². The molecule has 1 aliphatic rings. The van der Waals surface area contributed by atoms with Crippen LogP contribution in [0, 0.1) is 6.92 Å². The molecule has 1 aromatic heterocycles. The van der Waals surface area contributed by atoms with Crippen molar-refractivity contribution in [3.63, 3.8) is 0 Å². The third kappa shape index (κ3) is 2.46. The molecule has 0 unspecified atom stereocenters. The number of carbonyl (C=O) groups excluding carboxylic acids is 1. The molecule has 0 aliphatic carbocycles. The molecule has 5 heteroatoms. The van der Waals surface area contributed by atoms with E-state index in [4.69, 9.17) is 4.74 Å². The number of aromatic nitrogens is 1. The topological polar surface area (TPSA) is 51.2 Å². The largest absolute Gasteiger partial charge is 0.488 e. The predicted molar refractivity (Wildman–Crippen MR) is 73.7 cm³/mol. The van der Waals surface area contributed by atoms with Gasteiger partial charge in [-0.1, -0.05) is 18.2 Å². The third-order valence-corrected chi connectivity index (χ3v) is 4.08. The van der Waals surface area contributed by atoms with Crippen LogP contribution in [0.5, 0.6) is 5.75 Å². The van der Waals surface area contributed by atoms with Crippen LogP contribution < -0.4 is 10.1 Å². The molecular formula is C14H14N2O2S. The number of nitrogens with zero attached hydrogens (tertiary/aromatic N) is 1. The Morgan fingerprint density at radius 1 is 1.53 bits per heavy atom. The van der Waals surface area contributed by atoms with Crippen LogP contribution in [0.25, 0.3) is 0 Å². The molecule has 2 aromatic rings. The molecule has 0 radical (unpaired) electrons. The van der Waals surface area contributed by atoms with Crippen molar-refractivity contribution in [3.05, 3.63) is 45.9 Å². The Hall–Kier alpha value is -1.88. The summed E-state index contributed by atoms with van der Waals surface area (Å²) in [5, 5.41) is 2.91. The maximum absolute atomic E-state index is 12.0. The number of rotatable bonds is 3. The van der Waals surface area contributed by atoms with Crippen LogP contribution in [0.4, 0.5) is 0 Å². The zero-order chi connectivity index (χ0) is 13.2. The van der Waals surface area contributed by atoms with Crippen molar-refractivity contribution in [1.29, 1.82) is 0 Å². The van der Waals surface area contributed by atoms with Gasteiger partial charge < -0.3 is 10.1 Å². The summed E-state index contributed by atoms with van der Waals surface area (Å²) in [4.78, 5) is 16.7. The van der Waals surface area contributed by atoms with Gasteiger partial charge in [-0.25, -0.2) is 4.98 Å². The Balaban J connectivity index is 1.58. The maximum atomic E-state index is 12.0. The van der Waals surface area contributed by atoms with E-state index in [9.17, 15) is 4.79 Å². The number of nitrogens with one attached hydrogen (secondary N) is 1. The van der Waals surface area contributed by atoms with Gasteiger partial charge in [-0.3, -0.25) is 4.79 Å². The number of carbonyl (C=O) groups is 1. The van der Waals surface area contributed by atoms with Crippen LogP contribution in [0.1, 0.15) is 20.9 Å². The minimum Gasteiger partial charge on any atom is -0.488 e. The molecule has 0 bridgehead atoms. The summed E-state index contributed by atoms with van der Waals surface area (Å²) < 4.78 is 5.78. The van der Waals surface area contributed by atoms with Crippen LogP contribution >= 0.6 is 11.3 Å². The molecule has 2 heterocycles. The predicted octanol–water partition coefficient (Wildman–Crippen LogP) is 2.19. The van der Waals surface area contributed by atoms with E-state index in [0.29, 0.717) is 11.4 Å². The molecule has 1 atom stereocenters. The highest BCUT2D eigenvalue weighted by Crippen LogP contribution is 2.27. The maximum Gasteiger partial charge on any atom is 0.263 e. The van der Waals surface area contributed by atoms with E-state index in [-0.39, 0.29) is 12.0 Å². The lowest BCUT2D eigenvalue weighted by Gasteiger charge is -2.11. The molecule has 98 valence electrons. The minimum absolute atomic E-state index is 0.0228. The summed E-state index contributed by atoms with van der Waals surface area (Å²) in [6, 6.07) is 7.99. The monoisotopic (exact) mass is 274 g/mol. The number of ether oxygens (including phenoxy) is 1. The summed E-state index contributed by atoms with van der Waals surface area (Å²) in [5.41, 5.74) is 3.67. The van der Waals surface area contributed by atoms with Gasteiger partial charge in [-0.2, -0.15) is 0 Å². The Labute approximate surface area is 115 Å². The van der Waals surface area contributed by atoms with Gasteiger partial charge in [0.25, 0.3) is 5.91 Å². The molecule has 4 nitrogen and oxygen atoms in total. The van der Waals surface area contributed by atoms with Crippen molar-refractivity contribution in [2.75, 3.05) is 6.54 Å². The molecular weight excluding hydrogens is 260 g/mol. The first kappa shape index (κ1) is 12.2. The second-order valence-electron chi connectivity index (χ2n) is 4.53. The summed E-state index contributed by atoms with van der Waals surface area (Å²) in [6.07, 6.45) is 0.868. The fraction of sp³-hybridized carbons (Fsp3) is 0.286. The highest BCUT2D eigenvalue weighted by atomic mass is 32.1. The van der Waals surface area contributed by atoms with Gasteiger partial charge in [-0.05, 0) is 18.6 Å². The quantitative estimate of drug-likeness (QED) is 0.933. The first-order chi connectivity index (χ1) is 9.24. The summed E-state index contributed by atoms with van der Waals surface area (Å²) >= 11 is 1.36. The van der Waals surface area contributed by atoms with Gasteiger partial charge in [0.2, 0.25) is 0 Å². The first-order valence-corrected chi connectivity index (χ1v) is 7.05. The number of benzene rings is 1. The van der Waals surface area contributed by atoms with Gasteiger partial charge in [0.05, 0.1) is 17.7 Å². The van der Waals surface area contributed by atoms with Gasteiger partial charge >= 0.3 is 0 Å². The van der Waals surface area contributed by atoms with Gasteiger partial charge in [0.1, 0.15) is 16.7 Å². The number of thiazole rings is 1. The first-order valence-electron chi connectivity index (χ1n) is 6.17. The van der Waals surface area contributed by atoms with Crippen molar-refractivity contribution in [2.24, 2.45) is 0 Å². The average molecular weight is 274 g/mol. The van der Waals surface area contributed by atoms with Crippen molar-refractivity contribution >= 4 is 17.2 Å². The summed E-state index contributed by atoms with van der Waals surface area (Å²) in [6.45, 7) is 2.36. The Bertz CT molecular complexity index is 584. The Morgan fingerprint density at radius 3 is 3.11 bits per heavy atom. The van der Waals surface area contributed by atoms with Crippen molar-refractivity contribution in [3.8, 4) is 5.75 Å². The van der Waals surface area contributed by atoms with Crippen LogP contribution in [-0.2, 0) is 6.42 Å². The molecule has 0 saturated heterocycles. The lowest BCUT2D eigenvalue weighted by atomic mass is 10.1. The lowest BCUT2D eigenvalue weighted by molar-refractivity contribution is 0.0937. The van der Waals surface area contributed by atoms with Gasteiger partial charge in [0.15, 0.2) is 0 Å². The summed E-state index contributed by atoms with van der Waals surface area (Å²) in [5.74, 6) is 0.857.